The molecule has 2 unspecified atom stereocenters. The summed E-state index contributed by atoms with van der Waals surface area (Å²) in [7, 11) is 0. The van der Waals surface area contributed by atoms with Crippen molar-refractivity contribution in [2.45, 2.75) is 50.9 Å². The molecule has 2 N–H and O–H groups in total. The molecular formula is C20H26F2N2O2. The first-order chi connectivity index (χ1) is 12.5. The molecule has 1 aromatic carbocycles. The van der Waals surface area contributed by atoms with E-state index in [2.05, 4.69) is 0 Å². The number of hydrogen-bond donors (Lipinski definition) is 1. The topological polar surface area (TPSA) is 63.4 Å². The Morgan fingerprint density at radius 3 is 2.38 bits per heavy atom. The van der Waals surface area contributed by atoms with Gasteiger partial charge in [0.15, 0.2) is 0 Å². The second-order valence-corrected chi connectivity index (χ2v) is 7.60. The van der Waals surface area contributed by atoms with Gasteiger partial charge in [-0.15, -0.1) is 0 Å². The van der Waals surface area contributed by atoms with E-state index in [1.807, 2.05) is 0 Å². The van der Waals surface area contributed by atoms with E-state index in [-0.39, 0.29) is 18.0 Å². The van der Waals surface area contributed by atoms with Crippen LogP contribution in [0.25, 0.3) is 0 Å². The van der Waals surface area contributed by atoms with E-state index < -0.39 is 29.4 Å². The Labute approximate surface area is 152 Å². The molecule has 0 bridgehead atoms. The molecule has 2 atom stereocenters. The predicted molar refractivity (Wildman–Crippen MR) is 94.2 cm³/mol. The average molecular weight is 364 g/mol. The van der Waals surface area contributed by atoms with Crippen LogP contribution in [-0.4, -0.2) is 29.8 Å². The molecule has 0 radical (unpaired) electrons. The lowest BCUT2D eigenvalue weighted by Gasteiger charge is -2.26. The Morgan fingerprint density at radius 2 is 1.77 bits per heavy atom. The molecule has 2 saturated carbocycles. The molecule has 142 valence electrons. The van der Waals surface area contributed by atoms with Gasteiger partial charge < -0.3 is 10.6 Å². The Balaban J connectivity index is 1.63. The molecule has 6 heteroatoms. The molecule has 4 nitrogen and oxygen atoms in total. The van der Waals surface area contributed by atoms with Gasteiger partial charge in [-0.25, -0.2) is 8.78 Å². The molecular weight excluding hydrogens is 338 g/mol. The number of amides is 2. The highest BCUT2D eigenvalue weighted by molar-refractivity contribution is 5.87. The van der Waals surface area contributed by atoms with Crippen molar-refractivity contribution >= 4 is 11.8 Å². The Hall–Kier alpha value is -1.98. The van der Waals surface area contributed by atoms with Crippen LogP contribution in [0.2, 0.25) is 0 Å². The number of nitrogens with zero attached hydrogens (tertiary/aromatic N) is 1. The van der Waals surface area contributed by atoms with Crippen LogP contribution in [0.4, 0.5) is 8.78 Å². The van der Waals surface area contributed by atoms with E-state index in [1.54, 1.807) is 0 Å². The smallest absolute Gasteiger partial charge is 0.237 e. The minimum absolute atomic E-state index is 0.0165. The second-order valence-electron chi connectivity index (χ2n) is 7.60. The minimum atomic E-state index is -0.617. The summed E-state index contributed by atoms with van der Waals surface area (Å²) in [6, 6.07) is 3.74. The van der Waals surface area contributed by atoms with Gasteiger partial charge in [-0.2, -0.15) is 0 Å². The van der Waals surface area contributed by atoms with Gasteiger partial charge in [-0.3, -0.25) is 9.59 Å². The first-order valence-corrected chi connectivity index (χ1v) is 9.48. The van der Waals surface area contributed by atoms with Crippen LogP contribution in [0.15, 0.2) is 18.2 Å². The van der Waals surface area contributed by atoms with E-state index in [9.17, 15) is 18.4 Å². The van der Waals surface area contributed by atoms with Gasteiger partial charge in [0.2, 0.25) is 11.8 Å². The Morgan fingerprint density at radius 1 is 1.12 bits per heavy atom. The van der Waals surface area contributed by atoms with Crippen LogP contribution >= 0.6 is 0 Å². The largest absolute Gasteiger partial charge is 0.368 e. The van der Waals surface area contributed by atoms with Gasteiger partial charge >= 0.3 is 0 Å². The monoisotopic (exact) mass is 364 g/mol. The molecule has 0 aliphatic heterocycles. The molecule has 0 saturated heterocycles. The van der Waals surface area contributed by atoms with Crippen molar-refractivity contribution in [2.75, 3.05) is 13.1 Å². The number of carbonyl (C=O) groups is 2. The zero-order chi connectivity index (χ0) is 18.7. The zero-order valence-corrected chi connectivity index (χ0v) is 14.9. The summed E-state index contributed by atoms with van der Waals surface area (Å²) in [5.41, 5.74) is 5.29. The lowest BCUT2D eigenvalue weighted by molar-refractivity contribution is -0.136. The quantitative estimate of drug-likeness (QED) is 0.806. The molecule has 0 aromatic heterocycles. The molecule has 2 aliphatic carbocycles. The highest BCUT2D eigenvalue weighted by Gasteiger charge is 2.48. The Bertz CT molecular complexity index is 654. The van der Waals surface area contributed by atoms with Crippen molar-refractivity contribution in [1.82, 2.24) is 4.90 Å². The summed E-state index contributed by atoms with van der Waals surface area (Å²) in [5, 5.41) is 0. The van der Waals surface area contributed by atoms with Crippen molar-refractivity contribution < 1.29 is 18.4 Å². The van der Waals surface area contributed by atoms with Crippen molar-refractivity contribution in [1.29, 1.82) is 0 Å². The zero-order valence-electron chi connectivity index (χ0n) is 14.9. The highest BCUT2D eigenvalue weighted by Crippen LogP contribution is 2.50. The molecule has 1 aromatic rings. The fourth-order valence-electron chi connectivity index (χ4n) is 4.16. The Kier molecular flexibility index (Phi) is 5.89. The molecule has 2 aliphatic rings. The van der Waals surface area contributed by atoms with Gasteiger partial charge in [-0.1, -0.05) is 38.2 Å². The van der Waals surface area contributed by atoms with Gasteiger partial charge in [0, 0.05) is 23.9 Å². The fourth-order valence-corrected chi connectivity index (χ4v) is 4.16. The van der Waals surface area contributed by atoms with Gasteiger partial charge in [0.05, 0.1) is 6.54 Å². The fraction of sp³-hybridized carbons (Fsp3) is 0.600. The van der Waals surface area contributed by atoms with E-state index in [1.165, 1.54) is 42.4 Å². The summed E-state index contributed by atoms with van der Waals surface area (Å²) in [5.74, 6) is -2.35. The third-order valence-electron chi connectivity index (χ3n) is 5.67. The molecule has 0 spiro atoms. The van der Waals surface area contributed by atoms with Crippen molar-refractivity contribution in [3.8, 4) is 0 Å². The van der Waals surface area contributed by atoms with E-state index >= 15 is 0 Å². The van der Waals surface area contributed by atoms with Crippen molar-refractivity contribution in [3.63, 3.8) is 0 Å². The van der Waals surface area contributed by atoms with Crippen LogP contribution in [0.3, 0.4) is 0 Å². The standard InChI is InChI=1S/C20H26F2N2O2/c21-16-7-4-8-17(22)19(16)14-11-15(14)20(26)24(12-18(23)25)10-9-13-5-2-1-3-6-13/h4,7-8,13-15H,1-3,5-6,9-12H2,(H2,23,25). The molecule has 2 amide bonds. The number of hydrogen-bond acceptors (Lipinski definition) is 2. The third kappa shape index (κ3) is 4.40. The maximum atomic E-state index is 13.9. The van der Waals surface area contributed by atoms with E-state index in [0.717, 1.165) is 19.3 Å². The number of rotatable bonds is 7. The van der Waals surface area contributed by atoms with E-state index in [0.29, 0.717) is 18.9 Å². The minimum Gasteiger partial charge on any atom is -0.368 e. The van der Waals surface area contributed by atoms with Crippen LogP contribution in [0.5, 0.6) is 0 Å². The third-order valence-corrected chi connectivity index (χ3v) is 5.67. The lowest BCUT2D eigenvalue weighted by atomic mass is 9.87. The maximum absolute atomic E-state index is 13.9. The summed E-state index contributed by atoms with van der Waals surface area (Å²) >= 11 is 0. The van der Waals surface area contributed by atoms with Crippen LogP contribution in [-0.2, 0) is 9.59 Å². The lowest BCUT2D eigenvalue weighted by Crippen LogP contribution is -2.40. The van der Waals surface area contributed by atoms with Gasteiger partial charge in [0.25, 0.3) is 0 Å². The number of primary amides is 1. The summed E-state index contributed by atoms with van der Waals surface area (Å²) < 4.78 is 27.9. The molecule has 26 heavy (non-hydrogen) atoms. The normalized spacial score (nSPS) is 22.8. The number of halogens is 2. The first kappa shape index (κ1) is 18.8. The number of nitrogens with two attached hydrogens (primary N) is 1. The molecule has 2 fully saturated rings. The average Bonchev–Trinajstić information content (AvgIpc) is 3.39. The summed E-state index contributed by atoms with van der Waals surface area (Å²) in [6.07, 6.45) is 7.27. The number of benzene rings is 1. The van der Waals surface area contributed by atoms with Gasteiger partial charge in [-0.05, 0) is 30.9 Å². The molecule has 3 rings (SSSR count). The maximum Gasteiger partial charge on any atom is 0.237 e. The summed E-state index contributed by atoms with van der Waals surface area (Å²) in [4.78, 5) is 25.7. The predicted octanol–water partition coefficient (Wildman–Crippen LogP) is 3.35. The second kappa shape index (κ2) is 8.14. The molecule has 0 heterocycles. The number of carbonyl (C=O) groups excluding carboxylic acids is 2. The van der Waals surface area contributed by atoms with Crippen LogP contribution < -0.4 is 5.73 Å². The first-order valence-electron chi connectivity index (χ1n) is 9.48. The summed E-state index contributed by atoms with van der Waals surface area (Å²) in [6.45, 7) is 0.351. The van der Waals surface area contributed by atoms with Crippen LogP contribution in [0, 0.1) is 23.5 Å². The van der Waals surface area contributed by atoms with Crippen molar-refractivity contribution in [3.05, 3.63) is 35.4 Å². The van der Waals surface area contributed by atoms with E-state index in [4.69, 9.17) is 5.73 Å². The van der Waals surface area contributed by atoms with Crippen molar-refractivity contribution in [2.24, 2.45) is 17.6 Å². The highest BCUT2D eigenvalue weighted by atomic mass is 19.1. The SMILES string of the molecule is NC(=O)CN(CCC1CCCCC1)C(=O)C1CC1c1c(F)cccc1F. The van der Waals surface area contributed by atoms with Gasteiger partial charge in [0.1, 0.15) is 11.6 Å². The van der Waals surface area contributed by atoms with Crippen LogP contribution in [0.1, 0.15) is 56.4 Å².